The van der Waals surface area contributed by atoms with Crippen LogP contribution in [0.2, 0.25) is 0 Å². The molecule has 0 unspecified atom stereocenters. The third-order valence-electron chi connectivity index (χ3n) is 5.57. The van der Waals surface area contributed by atoms with Crippen molar-refractivity contribution in [2.24, 2.45) is 0 Å². The molecule has 6 heteroatoms. The van der Waals surface area contributed by atoms with Gasteiger partial charge in [-0.05, 0) is 43.2 Å². The second kappa shape index (κ2) is 10.6. The zero-order valence-corrected chi connectivity index (χ0v) is 19.3. The van der Waals surface area contributed by atoms with Crippen molar-refractivity contribution in [3.05, 3.63) is 113 Å². The monoisotopic (exact) mass is 476 g/mol. The average molecular weight is 476 g/mol. The number of benzene rings is 4. The zero-order chi connectivity index (χ0) is 24.9. The van der Waals surface area contributed by atoms with Crippen molar-refractivity contribution in [1.82, 2.24) is 0 Å². The molecule has 0 aliphatic heterocycles. The number of halogens is 3. The maximum Gasteiger partial charge on any atom is 0.343 e. The predicted octanol–water partition coefficient (Wildman–Crippen LogP) is 7.50. The Morgan fingerprint density at radius 1 is 0.771 bits per heavy atom. The van der Waals surface area contributed by atoms with Gasteiger partial charge in [-0.1, -0.05) is 60.2 Å². The van der Waals surface area contributed by atoms with Crippen LogP contribution < -0.4 is 4.74 Å². The number of rotatable bonds is 7. The van der Waals surface area contributed by atoms with Crippen molar-refractivity contribution in [3.63, 3.8) is 0 Å². The highest BCUT2D eigenvalue weighted by Gasteiger charge is 2.17. The molecule has 178 valence electrons. The van der Waals surface area contributed by atoms with Crippen molar-refractivity contribution in [1.29, 1.82) is 0 Å². The molecule has 35 heavy (non-hydrogen) atoms. The van der Waals surface area contributed by atoms with Gasteiger partial charge in [0.1, 0.15) is 11.6 Å². The summed E-state index contributed by atoms with van der Waals surface area (Å²) in [7, 11) is 0. The Bertz CT molecular complexity index is 1350. The minimum atomic E-state index is -0.971. The molecule has 0 atom stereocenters. The van der Waals surface area contributed by atoms with E-state index in [-0.39, 0.29) is 29.0 Å². The Hall–Kier alpha value is -3.90. The van der Waals surface area contributed by atoms with Gasteiger partial charge in [0, 0.05) is 29.4 Å². The van der Waals surface area contributed by atoms with Crippen molar-refractivity contribution < 1.29 is 27.4 Å². The highest BCUT2D eigenvalue weighted by atomic mass is 19.2. The van der Waals surface area contributed by atoms with Gasteiger partial charge in [0.25, 0.3) is 0 Å². The molecule has 0 heterocycles. The summed E-state index contributed by atoms with van der Waals surface area (Å²) in [5, 5.41) is 0. The van der Waals surface area contributed by atoms with E-state index >= 15 is 0 Å². The minimum Gasteiger partial charge on any atom is -0.423 e. The maximum absolute atomic E-state index is 14.9. The fraction of sp³-hybridized carbons (Fsp3) is 0.138. The van der Waals surface area contributed by atoms with E-state index in [9.17, 15) is 18.0 Å². The second-order valence-corrected chi connectivity index (χ2v) is 8.01. The number of carbonyl (C=O) groups is 1. The number of hydrogen-bond donors (Lipinski definition) is 0. The first kappa shape index (κ1) is 24.2. The Balaban J connectivity index is 1.51. The molecule has 0 bridgehead atoms. The van der Waals surface area contributed by atoms with Crippen LogP contribution in [-0.2, 0) is 11.3 Å². The zero-order valence-electron chi connectivity index (χ0n) is 19.3. The van der Waals surface area contributed by atoms with Crippen molar-refractivity contribution >= 4 is 5.97 Å². The number of carbonyl (C=O) groups excluding carboxylic acids is 1. The van der Waals surface area contributed by atoms with E-state index in [1.165, 1.54) is 48.5 Å². The van der Waals surface area contributed by atoms with E-state index in [4.69, 9.17) is 9.47 Å². The Kier molecular flexibility index (Phi) is 7.32. The van der Waals surface area contributed by atoms with Crippen LogP contribution in [0.5, 0.6) is 5.75 Å². The molecule has 0 aliphatic carbocycles. The molecule has 0 aliphatic rings. The fourth-order valence-electron chi connectivity index (χ4n) is 3.60. The van der Waals surface area contributed by atoms with E-state index in [0.717, 1.165) is 11.6 Å². The highest BCUT2D eigenvalue weighted by molar-refractivity contribution is 5.91. The quantitative estimate of drug-likeness (QED) is 0.205. The molecule has 0 amide bonds. The largest absolute Gasteiger partial charge is 0.423 e. The van der Waals surface area contributed by atoms with Crippen LogP contribution in [0.3, 0.4) is 0 Å². The van der Waals surface area contributed by atoms with Crippen LogP contribution >= 0.6 is 0 Å². The van der Waals surface area contributed by atoms with E-state index in [1.54, 1.807) is 12.1 Å². The lowest BCUT2D eigenvalue weighted by molar-refractivity contribution is 0.0734. The fourth-order valence-corrected chi connectivity index (χ4v) is 3.60. The highest BCUT2D eigenvalue weighted by Crippen LogP contribution is 2.32. The third kappa shape index (κ3) is 5.44. The Morgan fingerprint density at radius 3 is 1.89 bits per heavy atom. The Labute approximate surface area is 201 Å². The molecule has 4 aromatic carbocycles. The molecule has 4 aromatic rings. The van der Waals surface area contributed by atoms with Gasteiger partial charge >= 0.3 is 5.97 Å². The molecule has 4 rings (SSSR count). The molecule has 0 saturated heterocycles. The van der Waals surface area contributed by atoms with Crippen LogP contribution in [-0.4, -0.2) is 12.6 Å². The summed E-state index contributed by atoms with van der Waals surface area (Å²) in [6, 6.07) is 20.2. The predicted molar refractivity (Wildman–Crippen MR) is 129 cm³/mol. The summed E-state index contributed by atoms with van der Waals surface area (Å²) in [4.78, 5) is 12.5. The summed E-state index contributed by atoms with van der Waals surface area (Å²) in [5.41, 5.74) is 2.80. The molecule has 0 aromatic heterocycles. The molecule has 0 spiro atoms. The summed E-state index contributed by atoms with van der Waals surface area (Å²) in [5.74, 6) is -3.09. The molecule has 0 radical (unpaired) electrons. The van der Waals surface area contributed by atoms with Crippen molar-refractivity contribution in [2.75, 3.05) is 6.61 Å². The Morgan fingerprint density at radius 2 is 1.34 bits per heavy atom. The number of aryl methyl sites for hydroxylation is 1. The van der Waals surface area contributed by atoms with Crippen LogP contribution in [0.15, 0.2) is 78.9 Å². The van der Waals surface area contributed by atoms with Crippen LogP contribution in [0.25, 0.3) is 22.3 Å². The summed E-state index contributed by atoms with van der Waals surface area (Å²) >= 11 is 0. The van der Waals surface area contributed by atoms with Gasteiger partial charge in [-0.25, -0.2) is 18.0 Å². The topological polar surface area (TPSA) is 35.5 Å². The van der Waals surface area contributed by atoms with Gasteiger partial charge in [-0.3, -0.25) is 0 Å². The van der Waals surface area contributed by atoms with Gasteiger partial charge in [0.15, 0.2) is 11.6 Å². The minimum absolute atomic E-state index is 0.0524. The van der Waals surface area contributed by atoms with E-state index in [1.807, 2.05) is 26.0 Å². The lowest BCUT2D eigenvalue weighted by Crippen LogP contribution is -2.09. The van der Waals surface area contributed by atoms with Gasteiger partial charge in [0.05, 0.1) is 12.2 Å². The first-order valence-corrected chi connectivity index (χ1v) is 11.1. The van der Waals surface area contributed by atoms with Crippen LogP contribution in [0.4, 0.5) is 13.2 Å². The van der Waals surface area contributed by atoms with Gasteiger partial charge in [-0.2, -0.15) is 0 Å². The third-order valence-corrected chi connectivity index (χ3v) is 5.57. The van der Waals surface area contributed by atoms with Crippen molar-refractivity contribution in [2.45, 2.75) is 20.5 Å². The van der Waals surface area contributed by atoms with E-state index < -0.39 is 23.4 Å². The lowest BCUT2D eigenvalue weighted by Gasteiger charge is -2.10. The number of ether oxygens (including phenoxy) is 2. The normalized spacial score (nSPS) is 10.9. The van der Waals surface area contributed by atoms with E-state index in [0.29, 0.717) is 23.3 Å². The summed E-state index contributed by atoms with van der Waals surface area (Å²) < 4.78 is 54.3. The molecule has 0 saturated carbocycles. The smallest absolute Gasteiger partial charge is 0.343 e. The van der Waals surface area contributed by atoms with E-state index in [2.05, 4.69) is 0 Å². The van der Waals surface area contributed by atoms with Gasteiger partial charge in [0.2, 0.25) is 0 Å². The second-order valence-electron chi connectivity index (χ2n) is 8.01. The molecular formula is C29H23F3O3. The molecule has 0 fully saturated rings. The first-order valence-electron chi connectivity index (χ1n) is 11.1. The van der Waals surface area contributed by atoms with Gasteiger partial charge in [-0.15, -0.1) is 0 Å². The molecule has 3 nitrogen and oxygen atoms in total. The molecule has 0 N–H and O–H groups in total. The lowest BCUT2D eigenvalue weighted by atomic mass is 9.98. The van der Waals surface area contributed by atoms with Crippen LogP contribution in [0, 0.1) is 24.4 Å². The maximum atomic E-state index is 14.9. The van der Waals surface area contributed by atoms with Gasteiger partial charge < -0.3 is 9.47 Å². The SMILES string of the molecule is CCOCc1ccc(OC(=O)c2ccc(-c3ccc(-c4ccc(C)cc4)c(F)c3F)cc2)cc1F. The first-order chi connectivity index (χ1) is 16.9. The number of hydrogen-bond acceptors (Lipinski definition) is 3. The summed E-state index contributed by atoms with van der Waals surface area (Å²) in [6.07, 6.45) is 0. The van der Waals surface area contributed by atoms with Crippen LogP contribution in [0.1, 0.15) is 28.4 Å². The standard InChI is InChI=1S/C29H23F3O3/c1-3-34-17-22-12-13-23(16-26(22)30)35-29(33)21-10-8-20(9-11-21)25-15-14-24(27(31)28(25)32)19-6-4-18(2)5-7-19/h4-16H,3,17H2,1-2H3. The average Bonchev–Trinajstić information content (AvgIpc) is 2.86. The van der Waals surface area contributed by atoms with Crippen molar-refractivity contribution in [3.8, 4) is 28.0 Å². The summed E-state index contributed by atoms with van der Waals surface area (Å²) in [6.45, 7) is 4.31. The number of esters is 1. The molecular weight excluding hydrogens is 453 g/mol.